The maximum absolute atomic E-state index is 12.2. The number of Topliss-reactive ketones (excluding diaryl/α,β-unsaturated/α-hetero) is 1. The Balaban J connectivity index is 1.63. The molecule has 3 aliphatic rings. The number of nitrogens with one attached hydrogen (secondary N) is 1. The van der Waals surface area contributed by atoms with Crippen molar-refractivity contribution in [3.63, 3.8) is 0 Å². The van der Waals surface area contributed by atoms with Crippen LogP contribution in [0.25, 0.3) is 0 Å². The molecule has 3 rings (SSSR count). The van der Waals surface area contributed by atoms with Gasteiger partial charge in [-0.15, -0.1) is 0 Å². The van der Waals surface area contributed by atoms with Gasteiger partial charge in [-0.05, 0) is 19.3 Å². The molecule has 0 aromatic rings. The molecule has 19 heteroatoms. The fourth-order valence-corrected chi connectivity index (χ4v) is 5.53. The largest absolute Gasteiger partial charge is 0.394 e. The van der Waals surface area contributed by atoms with Crippen molar-refractivity contribution in [2.75, 3.05) is 33.0 Å². The third kappa shape index (κ3) is 10.8. The van der Waals surface area contributed by atoms with Crippen molar-refractivity contribution >= 4 is 11.7 Å². The Morgan fingerprint density at radius 2 is 1.17 bits per heavy atom. The van der Waals surface area contributed by atoms with Gasteiger partial charge in [-0.2, -0.15) is 0 Å². The molecule has 0 saturated carbocycles. The minimum Gasteiger partial charge on any atom is -0.394 e. The predicted molar refractivity (Wildman–Crippen MR) is 156 cm³/mol. The zero-order valence-corrected chi connectivity index (χ0v) is 26.7. The normalized spacial score (nSPS) is 40.4. The van der Waals surface area contributed by atoms with Crippen molar-refractivity contribution in [2.24, 2.45) is 0 Å². The fraction of sp³-hybridized carbons (Fsp3) is 0.931. The summed E-state index contributed by atoms with van der Waals surface area (Å²) < 4.78 is 33.1. The molecular weight excluding hydrogens is 650 g/mol. The number of aliphatic hydroxyl groups excluding tert-OH is 10. The Morgan fingerprint density at radius 1 is 0.625 bits per heavy atom. The van der Waals surface area contributed by atoms with Crippen LogP contribution in [0.4, 0.5) is 0 Å². The van der Waals surface area contributed by atoms with Crippen LogP contribution in [-0.4, -0.2) is 188 Å². The highest BCUT2D eigenvalue weighted by atomic mass is 16.7. The van der Waals surface area contributed by atoms with Gasteiger partial charge in [-0.3, -0.25) is 9.59 Å². The van der Waals surface area contributed by atoms with E-state index in [9.17, 15) is 60.7 Å². The van der Waals surface area contributed by atoms with Crippen molar-refractivity contribution in [3.8, 4) is 0 Å². The second-order valence-electron chi connectivity index (χ2n) is 12.1. The Hall–Kier alpha value is -1.50. The van der Waals surface area contributed by atoms with Gasteiger partial charge < -0.3 is 84.8 Å². The van der Waals surface area contributed by atoms with E-state index in [2.05, 4.69) is 5.32 Å². The number of rotatable bonds is 18. The average Bonchev–Trinajstić information content (AvgIpc) is 3.07. The summed E-state index contributed by atoms with van der Waals surface area (Å²) in [5, 5.41) is 105. The number of hydrogen-bond donors (Lipinski definition) is 11. The Morgan fingerprint density at radius 3 is 1.77 bits per heavy atom. The first-order chi connectivity index (χ1) is 22.8. The molecule has 0 aliphatic carbocycles. The maximum Gasteiger partial charge on any atom is 0.220 e. The third-order valence-corrected chi connectivity index (χ3v) is 8.40. The lowest BCUT2D eigenvalue weighted by molar-refractivity contribution is -0.366. The zero-order valence-electron chi connectivity index (χ0n) is 26.7. The molecule has 3 aliphatic heterocycles. The van der Waals surface area contributed by atoms with E-state index in [0.29, 0.717) is 25.7 Å². The maximum atomic E-state index is 12.2. The van der Waals surface area contributed by atoms with Crippen LogP contribution >= 0.6 is 0 Å². The van der Waals surface area contributed by atoms with Gasteiger partial charge in [0.05, 0.1) is 26.4 Å². The van der Waals surface area contributed by atoms with E-state index in [1.807, 2.05) is 6.92 Å². The van der Waals surface area contributed by atoms with Gasteiger partial charge in [0.15, 0.2) is 18.9 Å². The molecule has 19 nitrogen and oxygen atoms in total. The van der Waals surface area contributed by atoms with Crippen LogP contribution in [0.15, 0.2) is 0 Å². The van der Waals surface area contributed by atoms with Crippen LogP contribution in [0.2, 0.25) is 0 Å². The molecule has 15 atom stereocenters. The second-order valence-corrected chi connectivity index (χ2v) is 12.1. The first-order valence-corrected chi connectivity index (χ1v) is 16.1. The smallest absolute Gasteiger partial charge is 0.220 e. The highest BCUT2D eigenvalue weighted by Crippen LogP contribution is 2.31. The van der Waals surface area contributed by atoms with E-state index in [4.69, 9.17) is 28.4 Å². The van der Waals surface area contributed by atoms with Crippen molar-refractivity contribution in [1.82, 2.24) is 5.32 Å². The van der Waals surface area contributed by atoms with Gasteiger partial charge in [-0.1, -0.05) is 6.92 Å². The van der Waals surface area contributed by atoms with Gasteiger partial charge >= 0.3 is 0 Å². The van der Waals surface area contributed by atoms with Gasteiger partial charge in [0.1, 0.15) is 79.0 Å². The van der Waals surface area contributed by atoms with Crippen LogP contribution in [-0.2, 0) is 38.0 Å². The Kier molecular flexibility index (Phi) is 16.9. The lowest BCUT2D eigenvalue weighted by Gasteiger charge is -2.46. The predicted octanol–water partition coefficient (Wildman–Crippen LogP) is -5.50. The summed E-state index contributed by atoms with van der Waals surface area (Å²) in [5.41, 5.74) is 0. The number of carbonyl (C=O) groups excluding carboxylic acids is 2. The fourth-order valence-electron chi connectivity index (χ4n) is 5.53. The van der Waals surface area contributed by atoms with Crippen LogP contribution in [0, 0.1) is 0 Å². The molecule has 0 unspecified atom stereocenters. The topological polar surface area (TPSA) is 304 Å². The van der Waals surface area contributed by atoms with Crippen molar-refractivity contribution in [2.45, 2.75) is 138 Å². The minimum absolute atomic E-state index is 0.0208. The van der Waals surface area contributed by atoms with Crippen molar-refractivity contribution in [1.29, 1.82) is 0 Å². The highest BCUT2D eigenvalue weighted by molar-refractivity contribution is 5.78. The molecular formula is C29H51NO18. The lowest BCUT2D eigenvalue weighted by Crippen LogP contribution is -2.65. The number of amides is 1. The zero-order chi connectivity index (χ0) is 35.5. The summed E-state index contributed by atoms with van der Waals surface area (Å²) in [5.74, 6) is -0.148. The third-order valence-electron chi connectivity index (χ3n) is 8.40. The number of hydrogen-bond acceptors (Lipinski definition) is 18. The average molecular weight is 702 g/mol. The molecule has 0 radical (unpaired) electrons. The number of unbranched alkanes of at least 4 members (excludes halogenated alkanes) is 1. The molecule has 0 spiro atoms. The van der Waals surface area contributed by atoms with Gasteiger partial charge in [0.25, 0.3) is 0 Å². The second kappa shape index (κ2) is 19.8. The molecule has 0 aromatic carbocycles. The molecule has 0 bridgehead atoms. The Bertz CT molecular complexity index is 974. The van der Waals surface area contributed by atoms with E-state index in [1.54, 1.807) is 0 Å². The summed E-state index contributed by atoms with van der Waals surface area (Å²) >= 11 is 0. The summed E-state index contributed by atoms with van der Waals surface area (Å²) in [6, 6.07) is 0. The first-order valence-electron chi connectivity index (χ1n) is 16.1. The van der Waals surface area contributed by atoms with Crippen molar-refractivity contribution in [3.05, 3.63) is 0 Å². The lowest BCUT2D eigenvalue weighted by atomic mass is 9.96. The monoisotopic (exact) mass is 701 g/mol. The number of ether oxygens (including phenoxy) is 6. The summed E-state index contributed by atoms with van der Waals surface area (Å²) in [6.07, 6.45) is -21.9. The molecule has 3 saturated heterocycles. The Labute approximate surface area is 276 Å². The minimum atomic E-state index is -1.88. The SMILES string of the molecule is CCCC(=O)CCCCC(=O)NCCO[C@H]1O[C@H](CO[C@H]2O[C@H](CO)[C@@H](O)[C@H](O)[C@@H]2O)[C@@H](O)[C@H](O[C@H]2O[C@H](CO)[C@@H](O)[C@H](O)[C@@H]2O)[C@@H]1O. The van der Waals surface area contributed by atoms with E-state index in [1.165, 1.54) is 0 Å². The molecule has 1 amide bonds. The van der Waals surface area contributed by atoms with Crippen LogP contribution in [0.3, 0.4) is 0 Å². The van der Waals surface area contributed by atoms with Gasteiger partial charge in [0, 0.05) is 25.8 Å². The number of carbonyl (C=O) groups is 2. The first kappa shape index (κ1) is 40.9. The molecule has 3 heterocycles. The van der Waals surface area contributed by atoms with E-state index >= 15 is 0 Å². The highest BCUT2D eigenvalue weighted by Gasteiger charge is 2.52. The molecule has 280 valence electrons. The molecule has 3 fully saturated rings. The summed E-state index contributed by atoms with van der Waals surface area (Å²) in [7, 11) is 0. The quantitative estimate of drug-likeness (QED) is 0.0594. The molecule has 0 aromatic heterocycles. The van der Waals surface area contributed by atoms with E-state index in [0.717, 1.165) is 6.42 Å². The standard InChI is InChI=1S/C29H51NO18/c1-2-5-13(33)6-3-4-7-17(34)30-8-9-43-28-25(42)26(48-29-24(41)22(39)19(36)15(11-32)46-29)20(37)16(47-28)12-44-27-23(40)21(38)18(35)14(10-31)45-27/h14-16,18-29,31-32,35-42H,2-12H2,1H3,(H,30,34)/t14-,15-,16-,18-,19-,20-,21+,22+,23+,24+,25+,26+,27+,28+,29-/m1/s1. The molecule has 48 heavy (non-hydrogen) atoms. The molecule has 11 N–H and O–H groups in total. The summed E-state index contributed by atoms with van der Waals surface area (Å²) in [4.78, 5) is 23.8. The summed E-state index contributed by atoms with van der Waals surface area (Å²) in [6.45, 7) is -0.410. The van der Waals surface area contributed by atoms with Crippen LogP contribution in [0.1, 0.15) is 45.4 Å². The number of ketones is 1. The van der Waals surface area contributed by atoms with E-state index < -0.39 is 112 Å². The van der Waals surface area contributed by atoms with E-state index in [-0.39, 0.29) is 31.3 Å². The van der Waals surface area contributed by atoms with Crippen LogP contribution in [0.5, 0.6) is 0 Å². The van der Waals surface area contributed by atoms with Gasteiger partial charge in [0.2, 0.25) is 5.91 Å². The van der Waals surface area contributed by atoms with Gasteiger partial charge in [-0.25, -0.2) is 0 Å². The number of aliphatic hydroxyl groups is 10. The van der Waals surface area contributed by atoms with Crippen LogP contribution < -0.4 is 5.32 Å². The van der Waals surface area contributed by atoms with Crippen molar-refractivity contribution < 1.29 is 89.1 Å².